The van der Waals surface area contributed by atoms with E-state index in [0.29, 0.717) is 5.75 Å². The average molecular weight is 340 g/mol. The SMILES string of the molecule is CCCCCCCCCCSCC(=O)OCC(=O)c1ccco1. The van der Waals surface area contributed by atoms with Crippen molar-refractivity contribution in [2.24, 2.45) is 0 Å². The zero-order valence-electron chi connectivity index (χ0n) is 14.1. The maximum Gasteiger partial charge on any atom is 0.316 e. The molecule has 0 unspecified atom stereocenters. The van der Waals surface area contributed by atoms with Gasteiger partial charge in [0.05, 0.1) is 12.0 Å². The van der Waals surface area contributed by atoms with E-state index in [1.807, 2.05) is 0 Å². The van der Waals surface area contributed by atoms with Crippen LogP contribution in [0.15, 0.2) is 22.8 Å². The number of thioether (sulfide) groups is 1. The topological polar surface area (TPSA) is 56.5 Å². The Morgan fingerprint density at radius 2 is 1.78 bits per heavy atom. The van der Waals surface area contributed by atoms with Gasteiger partial charge in [0.15, 0.2) is 12.4 Å². The van der Waals surface area contributed by atoms with Crippen LogP contribution in [0.3, 0.4) is 0 Å². The molecule has 1 heterocycles. The van der Waals surface area contributed by atoms with Crippen LogP contribution in [-0.2, 0) is 9.53 Å². The van der Waals surface area contributed by atoms with Crippen molar-refractivity contribution in [3.63, 3.8) is 0 Å². The van der Waals surface area contributed by atoms with Crippen LogP contribution in [0.25, 0.3) is 0 Å². The Balaban J connectivity index is 1.89. The minimum atomic E-state index is -0.338. The van der Waals surface area contributed by atoms with Crippen LogP contribution in [0.5, 0.6) is 0 Å². The van der Waals surface area contributed by atoms with Crippen molar-refractivity contribution in [3.8, 4) is 0 Å². The van der Waals surface area contributed by atoms with Gasteiger partial charge >= 0.3 is 5.97 Å². The van der Waals surface area contributed by atoms with Gasteiger partial charge in [0.1, 0.15) is 0 Å². The third kappa shape index (κ3) is 10.2. The summed E-state index contributed by atoms with van der Waals surface area (Å²) >= 11 is 1.57. The van der Waals surface area contributed by atoms with Gasteiger partial charge in [0.25, 0.3) is 0 Å². The maximum absolute atomic E-state index is 11.6. The zero-order valence-corrected chi connectivity index (χ0v) is 14.9. The van der Waals surface area contributed by atoms with Crippen molar-refractivity contribution in [3.05, 3.63) is 24.2 Å². The zero-order chi connectivity index (χ0) is 16.8. The highest BCUT2D eigenvalue weighted by atomic mass is 32.2. The minimum Gasteiger partial charge on any atom is -0.461 e. The second-order valence-corrected chi connectivity index (χ2v) is 6.69. The molecule has 0 bridgehead atoms. The van der Waals surface area contributed by atoms with Crippen LogP contribution in [0, 0.1) is 0 Å². The summed E-state index contributed by atoms with van der Waals surface area (Å²) in [5, 5.41) is 0. The van der Waals surface area contributed by atoms with Crippen molar-refractivity contribution < 1.29 is 18.7 Å². The normalized spacial score (nSPS) is 10.7. The number of furan rings is 1. The molecular formula is C18H28O4S. The molecule has 0 saturated heterocycles. The summed E-state index contributed by atoms with van der Waals surface area (Å²) in [5.41, 5.74) is 0. The molecule has 0 spiro atoms. The van der Waals surface area contributed by atoms with Crippen LogP contribution in [0.1, 0.15) is 68.8 Å². The Labute approximate surface area is 143 Å². The third-order valence-corrected chi connectivity index (χ3v) is 4.54. The Bertz CT molecular complexity index is 428. The first-order valence-corrected chi connectivity index (χ1v) is 9.69. The smallest absolute Gasteiger partial charge is 0.316 e. The predicted molar refractivity (Wildman–Crippen MR) is 93.9 cm³/mol. The highest BCUT2D eigenvalue weighted by Crippen LogP contribution is 2.11. The first kappa shape index (κ1) is 19.8. The summed E-state index contributed by atoms with van der Waals surface area (Å²) in [4.78, 5) is 23.1. The number of carbonyl (C=O) groups excluding carboxylic acids is 2. The van der Waals surface area contributed by atoms with Crippen LogP contribution in [-0.4, -0.2) is 29.9 Å². The Hall–Kier alpha value is -1.23. The Kier molecular flexibility index (Phi) is 11.4. The molecule has 0 fully saturated rings. The van der Waals surface area contributed by atoms with Gasteiger partial charge in [-0.3, -0.25) is 9.59 Å². The molecule has 0 aliphatic carbocycles. The third-order valence-electron chi connectivity index (χ3n) is 3.52. The van der Waals surface area contributed by atoms with Crippen LogP contribution in [0.4, 0.5) is 0 Å². The molecule has 1 aromatic rings. The molecule has 0 radical (unpaired) electrons. The summed E-state index contributed by atoms with van der Waals surface area (Å²) in [7, 11) is 0. The van der Waals surface area contributed by atoms with E-state index in [1.165, 1.54) is 51.2 Å². The number of carbonyl (C=O) groups is 2. The molecule has 0 aliphatic heterocycles. The highest BCUT2D eigenvalue weighted by molar-refractivity contribution is 7.99. The lowest BCUT2D eigenvalue weighted by Gasteiger charge is -2.04. The van der Waals surface area contributed by atoms with Crippen LogP contribution in [0.2, 0.25) is 0 Å². The number of esters is 1. The molecular weight excluding hydrogens is 312 g/mol. The van der Waals surface area contributed by atoms with E-state index >= 15 is 0 Å². The second-order valence-electron chi connectivity index (χ2n) is 5.59. The molecule has 1 rings (SSSR count). The number of hydrogen-bond donors (Lipinski definition) is 0. The number of hydrogen-bond acceptors (Lipinski definition) is 5. The number of rotatable bonds is 14. The van der Waals surface area contributed by atoms with Crippen molar-refractivity contribution in [2.75, 3.05) is 18.1 Å². The Morgan fingerprint density at radius 1 is 1.09 bits per heavy atom. The fraction of sp³-hybridized carbons (Fsp3) is 0.667. The van der Waals surface area contributed by atoms with Crippen molar-refractivity contribution in [1.82, 2.24) is 0 Å². The van der Waals surface area contributed by atoms with E-state index in [2.05, 4.69) is 6.92 Å². The largest absolute Gasteiger partial charge is 0.461 e. The van der Waals surface area contributed by atoms with Crippen molar-refractivity contribution in [1.29, 1.82) is 0 Å². The van der Waals surface area contributed by atoms with Crippen molar-refractivity contribution in [2.45, 2.75) is 58.3 Å². The maximum atomic E-state index is 11.6. The fourth-order valence-corrected chi connectivity index (χ4v) is 2.99. The standard InChI is InChI=1S/C18H28O4S/c1-2-3-4-5-6-7-8-9-13-23-15-18(20)22-14-16(19)17-11-10-12-21-17/h10-12H,2-9,13-15H2,1H3. The number of Topliss-reactive ketones (excluding diaryl/α,β-unsaturated/α-hetero) is 1. The van der Waals surface area contributed by atoms with Gasteiger partial charge in [-0.2, -0.15) is 11.8 Å². The molecule has 23 heavy (non-hydrogen) atoms. The molecule has 0 aliphatic rings. The van der Waals surface area contributed by atoms with Gasteiger partial charge in [-0.1, -0.05) is 51.9 Å². The van der Waals surface area contributed by atoms with Crippen LogP contribution >= 0.6 is 11.8 Å². The molecule has 0 atom stereocenters. The number of ketones is 1. The monoisotopic (exact) mass is 340 g/mol. The van der Waals surface area contributed by atoms with Crippen molar-refractivity contribution >= 4 is 23.5 Å². The van der Waals surface area contributed by atoms with Gasteiger partial charge in [-0.25, -0.2) is 0 Å². The molecule has 1 aromatic heterocycles. The average Bonchev–Trinajstić information content (AvgIpc) is 3.09. The summed E-state index contributed by atoms with van der Waals surface area (Å²) in [6, 6.07) is 3.20. The molecule has 0 aromatic carbocycles. The fourth-order valence-electron chi connectivity index (χ4n) is 2.19. The summed E-state index contributed by atoms with van der Waals surface area (Å²) in [6.07, 6.45) is 11.7. The summed E-state index contributed by atoms with van der Waals surface area (Å²) < 4.78 is 9.89. The number of ether oxygens (including phenoxy) is 1. The molecule has 4 nitrogen and oxygen atoms in total. The molecule has 5 heteroatoms. The van der Waals surface area contributed by atoms with Gasteiger partial charge < -0.3 is 9.15 Å². The highest BCUT2D eigenvalue weighted by Gasteiger charge is 2.11. The molecule has 0 amide bonds. The molecule has 130 valence electrons. The summed E-state index contributed by atoms with van der Waals surface area (Å²) in [5.74, 6) is 0.855. The van der Waals surface area contributed by atoms with E-state index in [-0.39, 0.29) is 24.1 Å². The van der Waals surface area contributed by atoms with E-state index in [4.69, 9.17) is 9.15 Å². The van der Waals surface area contributed by atoms with E-state index in [0.717, 1.165) is 12.2 Å². The minimum absolute atomic E-state index is 0.226. The van der Waals surface area contributed by atoms with E-state index < -0.39 is 0 Å². The summed E-state index contributed by atoms with van der Waals surface area (Å²) in [6.45, 7) is 1.99. The van der Waals surface area contributed by atoms with Gasteiger partial charge in [0.2, 0.25) is 5.78 Å². The Morgan fingerprint density at radius 3 is 2.43 bits per heavy atom. The predicted octanol–water partition coefficient (Wildman–Crippen LogP) is 4.88. The van der Waals surface area contributed by atoms with Crippen LogP contribution < -0.4 is 0 Å². The quantitative estimate of drug-likeness (QED) is 0.274. The van der Waals surface area contributed by atoms with Gasteiger partial charge in [0, 0.05) is 0 Å². The first-order valence-electron chi connectivity index (χ1n) is 8.54. The van der Waals surface area contributed by atoms with Gasteiger partial charge in [-0.15, -0.1) is 0 Å². The first-order chi connectivity index (χ1) is 11.2. The lowest BCUT2D eigenvalue weighted by atomic mass is 10.1. The van der Waals surface area contributed by atoms with Gasteiger partial charge in [-0.05, 0) is 24.3 Å². The second kappa shape index (κ2) is 13.2. The van der Waals surface area contributed by atoms with E-state index in [9.17, 15) is 9.59 Å². The van der Waals surface area contributed by atoms with E-state index in [1.54, 1.807) is 23.9 Å². The molecule has 0 saturated carbocycles. The lowest BCUT2D eigenvalue weighted by molar-refractivity contribution is -0.139. The molecule has 0 N–H and O–H groups in total. The number of unbranched alkanes of at least 4 members (excludes halogenated alkanes) is 7. The lowest BCUT2D eigenvalue weighted by Crippen LogP contribution is -2.15.